The smallest absolute Gasteiger partial charge is 0.235 e. The van der Waals surface area contributed by atoms with Crippen LogP contribution in [0.3, 0.4) is 0 Å². The van der Waals surface area contributed by atoms with E-state index in [1.165, 1.54) is 36.8 Å². The van der Waals surface area contributed by atoms with Gasteiger partial charge in [0, 0.05) is 12.2 Å². The van der Waals surface area contributed by atoms with Gasteiger partial charge in [-0.3, -0.25) is 4.79 Å². The lowest BCUT2D eigenvalue weighted by Crippen LogP contribution is -2.36. The third-order valence-electron chi connectivity index (χ3n) is 5.48. The number of nitrogens with one attached hydrogen (secondary N) is 2. The molecule has 1 aromatic carbocycles. The van der Waals surface area contributed by atoms with Crippen molar-refractivity contribution in [3.05, 3.63) is 29.3 Å². The van der Waals surface area contributed by atoms with Crippen molar-refractivity contribution in [2.75, 3.05) is 18.4 Å². The molecule has 3 aliphatic rings. The van der Waals surface area contributed by atoms with E-state index in [0.29, 0.717) is 5.92 Å². The first kappa shape index (κ1) is 12.4. The quantitative estimate of drug-likeness (QED) is 0.824. The molecule has 2 fully saturated rings. The summed E-state index contributed by atoms with van der Waals surface area (Å²) in [5.74, 6) is 0.856. The number of rotatable bonds is 1. The van der Waals surface area contributed by atoms with Gasteiger partial charge in [-0.1, -0.05) is 31.4 Å². The molecule has 1 atom stereocenters. The number of benzene rings is 1. The van der Waals surface area contributed by atoms with Crippen LogP contribution in [-0.2, 0) is 10.2 Å². The molecule has 0 aromatic heterocycles. The molecule has 1 unspecified atom stereocenters. The van der Waals surface area contributed by atoms with E-state index in [1.54, 1.807) is 0 Å². The van der Waals surface area contributed by atoms with Crippen LogP contribution in [0.1, 0.15) is 55.6 Å². The Kier molecular flexibility index (Phi) is 2.84. The lowest BCUT2D eigenvalue weighted by Gasteiger charge is -2.31. The summed E-state index contributed by atoms with van der Waals surface area (Å²) in [7, 11) is 0. The van der Waals surface area contributed by atoms with Gasteiger partial charge in [0.25, 0.3) is 0 Å². The summed E-state index contributed by atoms with van der Waals surface area (Å²) in [5, 5.41) is 6.58. The molecule has 1 saturated carbocycles. The van der Waals surface area contributed by atoms with Crippen molar-refractivity contribution in [2.24, 2.45) is 0 Å². The fraction of sp³-hybridized carbons (Fsp3) is 0.588. The van der Waals surface area contributed by atoms with Gasteiger partial charge in [-0.2, -0.15) is 0 Å². The van der Waals surface area contributed by atoms with Crippen LogP contribution in [0.2, 0.25) is 0 Å². The molecule has 1 amide bonds. The van der Waals surface area contributed by atoms with Gasteiger partial charge in [0.15, 0.2) is 0 Å². The van der Waals surface area contributed by atoms with E-state index < -0.39 is 0 Å². The Morgan fingerprint density at radius 3 is 2.75 bits per heavy atom. The molecule has 4 rings (SSSR count). The van der Waals surface area contributed by atoms with Gasteiger partial charge in [0.1, 0.15) is 0 Å². The van der Waals surface area contributed by atoms with E-state index >= 15 is 0 Å². The third-order valence-corrected chi connectivity index (χ3v) is 5.48. The van der Waals surface area contributed by atoms with E-state index in [2.05, 4.69) is 28.8 Å². The molecule has 1 aliphatic carbocycles. The second kappa shape index (κ2) is 4.59. The van der Waals surface area contributed by atoms with E-state index in [0.717, 1.165) is 31.6 Å². The summed E-state index contributed by atoms with van der Waals surface area (Å²) in [5.41, 5.74) is 3.51. The molecule has 2 heterocycles. The van der Waals surface area contributed by atoms with Crippen molar-refractivity contribution >= 4 is 11.6 Å². The fourth-order valence-electron chi connectivity index (χ4n) is 4.29. The Balaban J connectivity index is 1.71. The highest BCUT2D eigenvalue weighted by molar-refractivity contribution is 6.06. The average Bonchev–Trinajstić information content (AvgIpc) is 3.09. The molecule has 3 nitrogen and oxygen atoms in total. The van der Waals surface area contributed by atoms with Crippen LogP contribution in [0.4, 0.5) is 5.69 Å². The van der Waals surface area contributed by atoms with Crippen molar-refractivity contribution in [3.63, 3.8) is 0 Å². The van der Waals surface area contributed by atoms with Crippen LogP contribution in [0.5, 0.6) is 0 Å². The fourth-order valence-corrected chi connectivity index (χ4v) is 4.29. The average molecular weight is 270 g/mol. The number of amides is 1. The maximum Gasteiger partial charge on any atom is 0.235 e. The largest absolute Gasteiger partial charge is 0.325 e. The highest BCUT2D eigenvalue weighted by Gasteiger charge is 2.47. The van der Waals surface area contributed by atoms with Crippen molar-refractivity contribution in [2.45, 2.75) is 49.9 Å². The third kappa shape index (κ3) is 1.72. The first-order chi connectivity index (χ1) is 9.79. The number of hydrogen-bond acceptors (Lipinski definition) is 2. The SMILES string of the molecule is O=C1Nc2cc(C3CCNC3)ccc2C12CCCCC2. The standard InChI is InChI=1S/C17H22N2O/c20-16-17(7-2-1-3-8-17)14-5-4-12(10-15(14)19-16)13-6-9-18-11-13/h4-5,10,13,18H,1-3,6-9,11H2,(H,19,20). The Morgan fingerprint density at radius 1 is 1.15 bits per heavy atom. The van der Waals surface area contributed by atoms with Gasteiger partial charge in [0.2, 0.25) is 5.91 Å². The monoisotopic (exact) mass is 270 g/mol. The zero-order chi connectivity index (χ0) is 13.6. The maximum absolute atomic E-state index is 12.5. The van der Waals surface area contributed by atoms with E-state index in [9.17, 15) is 4.79 Å². The lowest BCUT2D eigenvalue weighted by atomic mass is 9.70. The van der Waals surface area contributed by atoms with Gasteiger partial charge < -0.3 is 10.6 Å². The molecule has 0 radical (unpaired) electrons. The summed E-state index contributed by atoms with van der Waals surface area (Å²) in [4.78, 5) is 12.5. The number of hydrogen-bond donors (Lipinski definition) is 2. The minimum absolute atomic E-state index is 0.208. The first-order valence-electron chi connectivity index (χ1n) is 7.96. The molecule has 20 heavy (non-hydrogen) atoms. The minimum atomic E-state index is -0.208. The van der Waals surface area contributed by atoms with Gasteiger partial charge >= 0.3 is 0 Å². The van der Waals surface area contributed by atoms with Crippen LogP contribution >= 0.6 is 0 Å². The Morgan fingerprint density at radius 2 is 2.00 bits per heavy atom. The van der Waals surface area contributed by atoms with Crippen LogP contribution in [0.25, 0.3) is 0 Å². The minimum Gasteiger partial charge on any atom is -0.325 e. The van der Waals surface area contributed by atoms with Gasteiger partial charge in [0.05, 0.1) is 5.41 Å². The highest BCUT2D eigenvalue weighted by Crippen LogP contribution is 2.48. The summed E-state index contributed by atoms with van der Waals surface area (Å²) < 4.78 is 0. The van der Waals surface area contributed by atoms with Crippen LogP contribution in [0.15, 0.2) is 18.2 Å². The van der Waals surface area contributed by atoms with E-state index in [-0.39, 0.29) is 11.3 Å². The molecule has 1 aromatic rings. The van der Waals surface area contributed by atoms with Crippen molar-refractivity contribution in [3.8, 4) is 0 Å². The molecule has 1 saturated heterocycles. The molecule has 0 bridgehead atoms. The predicted molar refractivity (Wildman–Crippen MR) is 80.1 cm³/mol. The van der Waals surface area contributed by atoms with Crippen molar-refractivity contribution < 1.29 is 4.79 Å². The number of carbonyl (C=O) groups excluding carboxylic acids is 1. The second-order valence-electron chi connectivity index (χ2n) is 6.59. The van der Waals surface area contributed by atoms with Crippen LogP contribution in [0, 0.1) is 0 Å². The lowest BCUT2D eigenvalue weighted by molar-refractivity contribution is -0.121. The molecular formula is C17H22N2O. The Bertz CT molecular complexity index is 540. The first-order valence-corrected chi connectivity index (χ1v) is 7.96. The number of fused-ring (bicyclic) bond motifs is 2. The highest BCUT2D eigenvalue weighted by atomic mass is 16.2. The molecule has 2 aliphatic heterocycles. The molecule has 1 spiro atoms. The van der Waals surface area contributed by atoms with E-state index in [1.807, 2.05) is 0 Å². The molecular weight excluding hydrogens is 248 g/mol. The zero-order valence-electron chi connectivity index (χ0n) is 11.9. The maximum atomic E-state index is 12.5. The van der Waals surface area contributed by atoms with Crippen LogP contribution in [-0.4, -0.2) is 19.0 Å². The Labute approximate surface area is 120 Å². The second-order valence-corrected chi connectivity index (χ2v) is 6.59. The summed E-state index contributed by atoms with van der Waals surface area (Å²) in [6.45, 7) is 2.18. The van der Waals surface area contributed by atoms with E-state index in [4.69, 9.17) is 0 Å². The van der Waals surface area contributed by atoms with Gasteiger partial charge in [-0.15, -0.1) is 0 Å². The normalized spacial score (nSPS) is 27.6. The van der Waals surface area contributed by atoms with Gasteiger partial charge in [-0.05, 0) is 48.9 Å². The summed E-state index contributed by atoms with van der Waals surface area (Å²) >= 11 is 0. The molecule has 106 valence electrons. The van der Waals surface area contributed by atoms with Gasteiger partial charge in [-0.25, -0.2) is 0 Å². The molecule has 3 heteroatoms. The predicted octanol–water partition coefficient (Wildman–Crippen LogP) is 2.92. The van der Waals surface area contributed by atoms with Crippen molar-refractivity contribution in [1.29, 1.82) is 0 Å². The van der Waals surface area contributed by atoms with Crippen molar-refractivity contribution in [1.82, 2.24) is 5.32 Å². The Hall–Kier alpha value is -1.35. The summed E-state index contributed by atoms with van der Waals surface area (Å²) in [6, 6.07) is 6.72. The zero-order valence-corrected chi connectivity index (χ0v) is 11.9. The topological polar surface area (TPSA) is 41.1 Å². The number of carbonyl (C=O) groups is 1. The van der Waals surface area contributed by atoms with Crippen LogP contribution < -0.4 is 10.6 Å². The summed E-state index contributed by atoms with van der Waals surface area (Å²) in [6.07, 6.45) is 6.89. The number of anilines is 1. The molecule has 2 N–H and O–H groups in total.